The number of rotatable bonds is 18. The number of ether oxygens (including phenoxy) is 9. The third-order valence-corrected chi connectivity index (χ3v) is 20.3. The Labute approximate surface area is 445 Å². The molecule has 12 aliphatic rings. The largest absolute Gasteiger partial charge is 0.497 e. The van der Waals surface area contributed by atoms with E-state index in [9.17, 15) is 14.4 Å². The Morgan fingerprint density at radius 3 is 0.987 bits per heavy atom. The van der Waals surface area contributed by atoms with Gasteiger partial charge in [0.25, 0.3) is 0 Å². The van der Waals surface area contributed by atoms with E-state index in [0.717, 1.165) is 71.3 Å². The van der Waals surface area contributed by atoms with Gasteiger partial charge in [-0.2, -0.15) is 0 Å². The maximum absolute atomic E-state index is 12.6. The summed E-state index contributed by atoms with van der Waals surface area (Å²) < 4.78 is 50.6. The highest BCUT2D eigenvalue weighted by atomic mass is 16.6. The molecule has 0 aliphatic heterocycles. The molecule has 0 spiro atoms. The van der Waals surface area contributed by atoms with Gasteiger partial charge in [-0.1, -0.05) is 13.8 Å². The predicted molar refractivity (Wildman–Crippen MR) is 284 cm³/mol. The molecule has 0 atom stereocenters. The van der Waals surface area contributed by atoms with Crippen molar-refractivity contribution >= 4 is 17.9 Å². The van der Waals surface area contributed by atoms with Crippen molar-refractivity contribution in [2.75, 3.05) is 41.2 Å². The molecule has 0 amide bonds. The molecule has 12 saturated carbocycles. The molecule has 0 heterocycles. The first-order valence-electron chi connectivity index (χ1n) is 28.8. The molecule has 12 fully saturated rings. The van der Waals surface area contributed by atoms with E-state index in [-0.39, 0.29) is 47.9 Å². The van der Waals surface area contributed by atoms with Gasteiger partial charge in [0.05, 0.1) is 34.4 Å². The zero-order valence-corrected chi connectivity index (χ0v) is 45.6. The van der Waals surface area contributed by atoms with Crippen LogP contribution in [0.2, 0.25) is 0 Å². The molecule has 12 nitrogen and oxygen atoms in total. The van der Waals surface area contributed by atoms with Crippen LogP contribution in [0.1, 0.15) is 136 Å². The Kier molecular flexibility index (Phi) is 16.2. The van der Waals surface area contributed by atoms with Gasteiger partial charge in [-0.3, -0.25) is 4.79 Å². The molecule has 408 valence electrons. The van der Waals surface area contributed by atoms with Crippen LogP contribution in [0.5, 0.6) is 34.5 Å². The lowest BCUT2D eigenvalue weighted by molar-refractivity contribution is -0.212. The summed E-state index contributed by atoms with van der Waals surface area (Å²) in [5.41, 5.74) is -0.730. The van der Waals surface area contributed by atoms with E-state index in [1.165, 1.54) is 96.3 Å². The van der Waals surface area contributed by atoms with Crippen molar-refractivity contribution in [2.24, 2.45) is 71.0 Å². The summed E-state index contributed by atoms with van der Waals surface area (Å²) in [5.74, 6) is 12.4. The number of carbonyl (C=O) groups is 3. The molecule has 12 bridgehead atoms. The van der Waals surface area contributed by atoms with Crippen molar-refractivity contribution in [3.63, 3.8) is 0 Å². The fraction of sp³-hybridized carbons (Fsp3) is 0.667. The second kappa shape index (κ2) is 22.8. The molecule has 0 N–H and O–H groups in total. The van der Waals surface area contributed by atoms with Crippen molar-refractivity contribution in [1.29, 1.82) is 0 Å². The first-order chi connectivity index (χ1) is 36.3. The lowest BCUT2D eigenvalue weighted by atomic mass is 9.49. The molecule has 3 aromatic carbocycles. The number of benzene rings is 3. The maximum atomic E-state index is 12.6. The standard InChI is InChI=1S/C22H30O4.C21H28O4.C20H26O4/c1-3-22(17-11-15-10-16(13-17)14-18(22)12-15)26-21(23)8-9-25-20-6-4-19(24-2)5-7-20;1-3-21(16-9-14-8-15(11-16)12-17(21)10-14)25-20(22)13-24-19-6-4-18(23-2)5-7-19;1-20(15-8-13-7-14(10-15)11-16(20)9-13)24-19(21)12-23-18-5-3-17(22-2)4-6-18/h4-7,15-18H,3,8-14H2,1-2H3;4-7,14-17H,3,8-13H2,1-2H3;3-6,13-16H,7-12H2,1-2H3. The molecule has 12 aliphatic carbocycles. The SMILES string of the molecule is CCC1(OC(=O)CCOc2ccc(OC)cc2)C2CC3CC(C2)CC1C3.CCC1(OC(=O)COc2ccc(OC)cc2)C2CC3CC(C2)CC1C3.COc1ccc(OCC(=O)OC2(C)C3CC4CC(C3)CC2C4)cc1. The first kappa shape index (κ1) is 53.3. The van der Waals surface area contributed by atoms with Crippen molar-refractivity contribution in [3.05, 3.63) is 72.8 Å². The summed E-state index contributed by atoms with van der Waals surface area (Å²) in [6.45, 7) is 6.83. The van der Waals surface area contributed by atoms with E-state index in [0.29, 0.717) is 60.0 Å². The maximum Gasteiger partial charge on any atom is 0.344 e. The number of carbonyl (C=O) groups excluding carboxylic acids is 3. The summed E-state index contributed by atoms with van der Waals surface area (Å²) in [6, 6.07) is 21.9. The summed E-state index contributed by atoms with van der Waals surface area (Å²) in [5, 5.41) is 0. The van der Waals surface area contributed by atoms with Crippen LogP contribution in [0.4, 0.5) is 0 Å². The molecule has 3 aromatic rings. The van der Waals surface area contributed by atoms with Crippen molar-refractivity contribution in [1.82, 2.24) is 0 Å². The number of hydrogen-bond donors (Lipinski definition) is 0. The van der Waals surface area contributed by atoms with Gasteiger partial charge in [0.1, 0.15) is 51.3 Å². The number of hydrogen-bond acceptors (Lipinski definition) is 12. The molecule has 12 heteroatoms. The minimum atomic E-state index is -0.284. The van der Waals surface area contributed by atoms with Gasteiger partial charge in [-0.15, -0.1) is 0 Å². The molecule has 0 radical (unpaired) electrons. The minimum absolute atomic E-state index is 0.0274. The monoisotopic (exact) mass is 1030 g/mol. The van der Waals surface area contributed by atoms with Crippen LogP contribution in [0.25, 0.3) is 0 Å². The van der Waals surface area contributed by atoms with E-state index < -0.39 is 0 Å². The van der Waals surface area contributed by atoms with E-state index in [2.05, 4.69) is 20.8 Å². The van der Waals surface area contributed by atoms with Gasteiger partial charge in [0.2, 0.25) is 0 Å². The van der Waals surface area contributed by atoms with Gasteiger partial charge in [-0.25, -0.2) is 9.59 Å². The third kappa shape index (κ3) is 11.5. The van der Waals surface area contributed by atoms with Crippen molar-refractivity contribution < 1.29 is 57.0 Å². The van der Waals surface area contributed by atoms with E-state index in [4.69, 9.17) is 42.6 Å². The topological polar surface area (TPSA) is 134 Å². The van der Waals surface area contributed by atoms with Crippen LogP contribution in [-0.2, 0) is 28.6 Å². The van der Waals surface area contributed by atoms with Crippen LogP contribution in [0.3, 0.4) is 0 Å². The van der Waals surface area contributed by atoms with Gasteiger partial charge in [0, 0.05) is 0 Å². The molecule has 0 unspecified atom stereocenters. The van der Waals surface area contributed by atoms with Crippen molar-refractivity contribution in [2.45, 2.75) is 153 Å². The number of esters is 3. The molecule has 15 rings (SSSR count). The highest BCUT2D eigenvalue weighted by molar-refractivity contribution is 5.72. The predicted octanol–water partition coefficient (Wildman–Crippen LogP) is 12.7. The van der Waals surface area contributed by atoms with Gasteiger partial charge in [0.15, 0.2) is 13.2 Å². The van der Waals surface area contributed by atoms with Crippen LogP contribution in [-0.4, -0.2) is 75.9 Å². The summed E-state index contributed by atoms with van der Waals surface area (Å²) in [7, 11) is 4.89. The Hall–Kier alpha value is -5.13. The number of methoxy groups -OCH3 is 3. The second-order valence-electron chi connectivity index (χ2n) is 24.3. The van der Waals surface area contributed by atoms with Gasteiger partial charge < -0.3 is 42.6 Å². The van der Waals surface area contributed by atoms with Crippen LogP contribution in [0, 0.1) is 71.0 Å². The van der Waals surface area contributed by atoms with Crippen molar-refractivity contribution in [3.8, 4) is 34.5 Å². The van der Waals surface area contributed by atoms with Crippen LogP contribution >= 0.6 is 0 Å². The normalized spacial score (nSPS) is 35.4. The fourth-order valence-corrected chi connectivity index (χ4v) is 17.2. The highest BCUT2D eigenvalue weighted by Crippen LogP contribution is 2.63. The Morgan fingerprint density at radius 1 is 0.387 bits per heavy atom. The van der Waals surface area contributed by atoms with E-state index in [1.807, 2.05) is 60.7 Å². The first-order valence-corrected chi connectivity index (χ1v) is 28.8. The Bertz CT molecular complexity index is 2310. The van der Waals surface area contributed by atoms with Crippen LogP contribution < -0.4 is 28.4 Å². The average molecular weight is 1030 g/mol. The minimum Gasteiger partial charge on any atom is -0.497 e. The van der Waals surface area contributed by atoms with Gasteiger partial charge in [-0.05, 0) is 260 Å². The smallest absolute Gasteiger partial charge is 0.344 e. The molecule has 0 saturated heterocycles. The molecular formula is C63H84O12. The third-order valence-electron chi connectivity index (χ3n) is 20.3. The van der Waals surface area contributed by atoms with E-state index in [1.54, 1.807) is 33.5 Å². The van der Waals surface area contributed by atoms with E-state index >= 15 is 0 Å². The fourth-order valence-electron chi connectivity index (χ4n) is 17.2. The lowest BCUT2D eigenvalue weighted by Gasteiger charge is -2.60. The summed E-state index contributed by atoms with van der Waals surface area (Å²) in [4.78, 5) is 37.5. The van der Waals surface area contributed by atoms with Crippen LogP contribution in [0.15, 0.2) is 72.8 Å². The second-order valence-corrected chi connectivity index (χ2v) is 24.3. The zero-order chi connectivity index (χ0) is 52.3. The molecular weight excluding hydrogens is 949 g/mol. The van der Waals surface area contributed by atoms with Gasteiger partial charge >= 0.3 is 17.9 Å². The molecule has 75 heavy (non-hydrogen) atoms. The quantitative estimate of drug-likeness (QED) is 0.0886. The zero-order valence-electron chi connectivity index (χ0n) is 45.6. The summed E-state index contributed by atoms with van der Waals surface area (Å²) >= 11 is 0. The lowest BCUT2D eigenvalue weighted by Crippen LogP contribution is -2.59. The Morgan fingerprint density at radius 2 is 0.667 bits per heavy atom. The highest BCUT2D eigenvalue weighted by Gasteiger charge is 2.60. The average Bonchev–Trinajstić information content (AvgIpc) is 3.41. The summed E-state index contributed by atoms with van der Waals surface area (Å²) in [6.07, 6.45) is 21.3. The molecule has 0 aromatic heterocycles. The Balaban J connectivity index is 0.000000128.